The van der Waals surface area contributed by atoms with Crippen LogP contribution in [0.25, 0.3) is 0 Å². The van der Waals surface area contributed by atoms with Crippen molar-refractivity contribution >= 4 is 11.8 Å². The maximum atomic E-state index is 5.44. The highest BCUT2D eigenvalue weighted by Gasteiger charge is 2.03. The van der Waals surface area contributed by atoms with E-state index in [1.807, 2.05) is 18.4 Å². The van der Waals surface area contributed by atoms with Crippen molar-refractivity contribution in [3.63, 3.8) is 0 Å². The molecule has 0 fully saturated rings. The van der Waals surface area contributed by atoms with Gasteiger partial charge in [0.15, 0.2) is 0 Å². The lowest BCUT2D eigenvalue weighted by Gasteiger charge is -2.05. The van der Waals surface area contributed by atoms with Gasteiger partial charge in [-0.2, -0.15) is 0 Å². The van der Waals surface area contributed by atoms with Crippen LogP contribution in [0.5, 0.6) is 5.88 Å². The molecule has 3 nitrogen and oxygen atoms in total. The van der Waals surface area contributed by atoms with E-state index < -0.39 is 0 Å². The van der Waals surface area contributed by atoms with E-state index in [0.717, 1.165) is 10.6 Å². The highest BCUT2D eigenvalue weighted by atomic mass is 32.2. The predicted octanol–water partition coefficient (Wildman–Crippen LogP) is 1.27. The molecule has 1 aromatic heterocycles. The summed E-state index contributed by atoms with van der Waals surface area (Å²) >= 11 is 1.61. The fourth-order valence-corrected chi connectivity index (χ4v) is 1.39. The molecule has 1 rings (SSSR count). The number of aromatic nitrogens is 1. The van der Waals surface area contributed by atoms with Crippen LogP contribution in [0.3, 0.4) is 0 Å². The third kappa shape index (κ3) is 1.89. The Kier molecular flexibility index (Phi) is 3.37. The Morgan fingerprint density at radius 1 is 1.58 bits per heavy atom. The van der Waals surface area contributed by atoms with Gasteiger partial charge in [0.1, 0.15) is 0 Å². The van der Waals surface area contributed by atoms with E-state index in [9.17, 15) is 0 Å². The van der Waals surface area contributed by atoms with Crippen molar-refractivity contribution in [1.29, 1.82) is 0 Å². The Morgan fingerprint density at radius 3 is 2.83 bits per heavy atom. The van der Waals surface area contributed by atoms with E-state index in [1.165, 1.54) is 0 Å². The topological polar surface area (TPSA) is 48.1 Å². The van der Waals surface area contributed by atoms with Crippen molar-refractivity contribution in [1.82, 2.24) is 4.98 Å². The number of ether oxygens (including phenoxy) is 1. The molecule has 0 aliphatic rings. The van der Waals surface area contributed by atoms with Gasteiger partial charge in [0.2, 0.25) is 5.88 Å². The molecule has 0 unspecified atom stereocenters. The van der Waals surface area contributed by atoms with Gasteiger partial charge in [-0.05, 0) is 18.4 Å². The number of rotatable bonds is 3. The van der Waals surface area contributed by atoms with Gasteiger partial charge in [-0.25, -0.2) is 4.98 Å². The van der Waals surface area contributed by atoms with Gasteiger partial charge in [0.25, 0.3) is 0 Å². The van der Waals surface area contributed by atoms with Crippen LogP contribution >= 0.6 is 11.8 Å². The Labute approximate surface area is 76.3 Å². The van der Waals surface area contributed by atoms with Crippen molar-refractivity contribution in [2.75, 3.05) is 13.4 Å². The lowest BCUT2D eigenvalue weighted by atomic mass is 10.3. The first-order chi connectivity index (χ1) is 5.81. The van der Waals surface area contributed by atoms with Crippen molar-refractivity contribution < 1.29 is 4.74 Å². The number of nitrogens with zero attached hydrogens (tertiary/aromatic N) is 1. The SMILES string of the molecule is COc1nc(CN)ccc1SC. The monoisotopic (exact) mass is 184 g/mol. The number of nitrogens with two attached hydrogens (primary N) is 1. The minimum absolute atomic E-state index is 0.449. The number of thioether (sulfide) groups is 1. The molecule has 0 amide bonds. The summed E-state index contributed by atoms with van der Waals surface area (Å²) in [7, 11) is 1.61. The van der Waals surface area contributed by atoms with Crippen molar-refractivity contribution in [2.24, 2.45) is 5.73 Å². The summed E-state index contributed by atoms with van der Waals surface area (Å²) in [6, 6.07) is 3.88. The first-order valence-corrected chi connectivity index (χ1v) is 4.82. The van der Waals surface area contributed by atoms with Crippen LogP contribution in [0.1, 0.15) is 5.69 Å². The highest BCUT2D eigenvalue weighted by Crippen LogP contribution is 2.24. The largest absolute Gasteiger partial charge is 0.480 e. The Morgan fingerprint density at radius 2 is 2.33 bits per heavy atom. The lowest BCUT2D eigenvalue weighted by molar-refractivity contribution is 0.385. The smallest absolute Gasteiger partial charge is 0.227 e. The van der Waals surface area contributed by atoms with Crippen LogP contribution in [0.15, 0.2) is 17.0 Å². The molecule has 0 saturated carbocycles. The Balaban J connectivity index is 3.02. The van der Waals surface area contributed by atoms with Gasteiger partial charge >= 0.3 is 0 Å². The number of methoxy groups -OCH3 is 1. The van der Waals surface area contributed by atoms with Crippen LogP contribution in [0.4, 0.5) is 0 Å². The van der Waals surface area contributed by atoms with Crippen LogP contribution in [-0.2, 0) is 6.54 Å². The molecule has 4 heteroatoms. The van der Waals surface area contributed by atoms with E-state index in [0.29, 0.717) is 12.4 Å². The average molecular weight is 184 g/mol. The lowest BCUT2D eigenvalue weighted by Crippen LogP contribution is -2.01. The zero-order chi connectivity index (χ0) is 8.97. The summed E-state index contributed by atoms with van der Waals surface area (Å²) in [6.07, 6.45) is 1.99. The molecule has 2 N–H and O–H groups in total. The maximum absolute atomic E-state index is 5.44. The molecule has 0 saturated heterocycles. The second-order valence-electron chi connectivity index (χ2n) is 2.22. The average Bonchev–Trinajstić information content (AvgIpc) is 2.16. The molecule has 0 aliphatic heterocycles. The zero-order valence-corrected chi connectivity index (χ0v) is 8.02. The van der Waals surface area contributed by atoms with Gasteiger partial charge in [-0.15, -0.1) is 11.8 Å². The molecule has 0 spiro atoms. The first-order valence-electron chi connectivity index (χ1n) is 3.59. The number of pyridine rings is 1. The van der Waals surface area contributed by atoms with Crippen LogP contribution in [0.2, 0.25) is 0 Å². The van der Waals surface area contributed by atoms with Crippen LogP contribution in [-0.4, -0.2) is 18.3 Å². The summed E-state index contributed by atoms with van der Waals surface area (Å²) in [5.74, 6) is 0.658. The Hall–Kier alpha value is -0.740. The van der Waals surface area contributed by atoms with E-state index in [-0.39, 0.29) is 0 Å². The molecule has 0 aliphatic carbocycles. The van der Waals surface area contributed by atoms with E-state index in [4.69, 9.17) is 10.5 Å². The quantitative estimate of drug-likeness (QED) is 0.719. The van der Waals surface area contributed by atoms with Gasteiger partial charge in [0.05, 0.1) is 17.7 Å². The third-order valence-electron chi connectivity index (χ3n) is 1.51. The molecular weight excluding hydrogens is 172 g/mol. The minimum Gasteiger partial charge on any atom is -0.480 e. The zero-order valence-electron chi connectivity index (χ0n) is 7.20. The fourth-order valence-electron chi connectivity index (χ4n) is 0.881. The minimum atomic E-state index is 0.449. The molecule has 66 valence electrons. The van der Waals surface area contributed by atoms with Crippen LogP contribution < -0.4 is 10.5 Å². The first kappa shape index (κ1) is 9.35. The molecule has 0 bridgehead atoms. The van der Waals surface area contributed by atoms with E-state index >= 15 is 0 Å². The predicted molar refractivity (Wildman–Crippen MR) is 50.5 cm³/mol. The summed E-state index contributed by atoms with van der Waals surface area (Å²) in [4.78, 5) is 5.25. The second-order valence-corrected chi connectivity index (χ2v) is 3.07. The third-order valence-corrected chi connectivity index (χ3v) is 2.26. The summed E-state index contributed by atoms with van der Waals surface area (Å²) in [6.45, 7) is 0.449. The normalized spacial score (nSPS) is 9.92. The summed E-state index contributed by atoms with van der Waals surface area (Å²) in [5, 5.41) is 0. The maximum Gasteiger partial charge on any atom is 0.227 e. The second kappa shape index (κ2) is 4.33. The van der Waals surface area contributed by atoms with E-state index in [2.05, 4.69) is 4.98 Å². The number of hydrogen-bond donors (Lipinski definition) is 1. The highest BCUT2D eigenvalue weighted by molar-refractivity contribution is 7.98. The molecule has 0 radical (unpaired) electrons. The van der Waals surface area contributed by atoms with Crippen molar-refractivity contribution in [3.8, 4) is 5.88 Å². The molecule has 0 atom stereocenters. The molecule has 1 aromatic rings. The fraction of sp³-hybridized carbons (Fsp3) is 0.375. The molecule has 0 aromatic carbocycles. The molecular formula is C8H12N2OS. The van der Waals surface area contributed by atoms with Crippen LogP contribution in [0, 0.1) is 0 Å². The van der Waals surface area contributed by atoms with Gasteiger partial charge in [-0.1, -0.05) is 0 Å². The summed E-state index contributed by atoms with van der Waals surface area (Å²) in [5.41, 5.74) is 6.29. The van der Waals surface area contributed by atoms with Gasteiger partial charge < -0.3 is 10.5 Å². The number of hydrogen-bond acceptors (Lipinski definition) is 4. The summed E-state index contributed by atoms with van der Waals surface area (Å²) < 4.78 is 5.09. The van der Waals surface area contributed by atoms with Crippen molar-refractivity contribution in [2.45, 2.75) is 11.4 Å². The molecule has 12 heavy (non-hydrogen) atoms. The van der Waals surface area contributed by atoms with E-state index in [1.54, 1.807) is 18.9 Å². The van der Waals surface area contributed by atoms with Crippen molar-refractivity contribution in [3.05, 3.63) is 17.8 Å². The van der Waals surface area contributed by atoms with Gasteiger partial charge in [0, 0.05) is 6.54 Å². The van der Waals surface area contributed by atoms with Gasteiger partial charge in [-0.3, -0.25) is 0 Å². The molecule has 1 heterocycles. The Bertz CT molecular complexity index is 265. The standard InChI is InChI=1S/C8H12N2OS/c1-11-8-7(12-2)4-3-6(5-9)10-8/h3-4H,5,9H2,1-2H3.